The zero-order chi connectivity index (χ0) is 32.7. The van der Waals surface area contributed by atoms with Crippen LogP contribution < -0.4 is 19.6 Å². The number of nitro benzene ring substituents is 1. The molecule has 0 fully saturated rings. The molecule has 0 bridgehead atoms. The SMILES string of the molecule is CCOc1cc(/C=N\NC(=O)COc2c(Br)cc(C(C)(C)CC(C)(C)C)cc2[N+](=O)[O-])ccc1OC(=O)c1ccccc1Cl. The van der Waals surface area contributed by atoms with Gasteiger partial charge in [0.25, 0.3) is 5.91 Å². The fraction of sp³-hybridized carbons (Fsp3) is 0.344. The van der Waals surface area contributed by atoms with Crippen LogP contribution in [-0.2, 0) is 10.2 Å². The predicted molar refractivity (Wildman–Crippen MR) is 173 cm³/mol. The molecule has 3 aromatic carbocycles. The van der Waals surface area contributed by atoms with Crippen LogP contribution in [0.25, 0.3) is 0 Å². The van der Waals surface area contributed by atoms with Gasteiger partial charge in [0.15, 0.2) is 18.1 Å². The van der Waals surface area contributed by atoms with Gasteiger partial charge in [-0.05, 0) is 87.6 Å². The van der Waals surface area contributed by atoms with Gasteiger partial charge in [-0.2, -0.15) is 5.10 Å². The molecule has 0 atom stereocenters. The minimum absolute atomic E-state index is 0.00908. The normalized spacial score (nSPS) is 11.7. The third-order valence-electron chi connectivity index (χ3n) is 6.29. The molecule has 12 heteroatoms. The first kappa shape index (κ1) is 34.5. The van der Waals surface area contributed by atoms with E-state index in [-0.39, 0.29) is 44.4 Å². The quantitative estimate of drug-likeness (QED) is 0.0674. The molecule has 0 aliphatic heterocycles. The van der Waals surface area contributed by atoms with E-state index in [2.05, 4.69) is 47.2 Å². The van der Waals surface area contributed by atoms with Crippen LogP contribution in [0.2, 0.25) is 5.02 Å². The number of hydrogen-bond acceptors (Lipinski definition) is 8. The molecule has 0 spiro atoms. The average molecular weight is 689 g/mol. The number of ether oxygens (including phenoxy) is 3. The summed E-state index contributed by atoms with van der Waals surface area (Å²) in [6, 6.07) is 14.6. The van der Waals surface area contributed by atoms with E-state index in [0.717, 1.165) is 12.0 Å². The highest BCUT2D eigenvalue weighted by Crippen LogP contribution is 2.43. The maximum absolute atomic E-state index is 12.6. The lowest BCUT2D eigenvalue weighted by Gasteiger charge is -2.33. The van der Waals surface area contributed by atoms with Gasteiger partial charge >= 0.3 is 11.7 Å². The number of esters is 1. The van der Waals surface area contributed by atoms with Crippen LogP contribution in [-0.4, -0.2) is 36.2 Å². The highest BCUT2D eigenvalue weighted by atomic mass is 79.9. The molecule has 0 aliphatic carbocycles. The Morgan fingerprint density at radius 2 is 1.75 bits per heavy atom. The summed E-state index contributed by atoms with van der Waals surface area (Å²) in [5, 5.41) is 16.1. The minimum Gasteiger partial charge on any atom is -0.490 e. The number of amides is 1. The Hall–Kier alpha value is -3.96. The summed E-state index contributed by atoms with van der Waals surface area (Å²) in [6.45, 7) is 12.0. The lowest BCUT2D eigenvalue weighted by molar-refractivity contribution is -0.386. The molecule has 0 saturated carbocycles. The Morgan fingerprint density at radius 1 is 1.05 bits per heavy atom. The summed E-state index contributed by atoms with van der Waals surface area (Å²) >= 11 is 9.49. The second-order valence-electron chi connectivity index (χ2n) is 11.8. The average Bonchev–Trinajstić information content (AvgIpc) is 2.92. The molecule has 1 amide bonds. The summed E-state index contributed by atoms with van der Waals surface area (Å²) in [5.74, 6) is -0.841. The van der Waals surface area contributed by atoms with Crippen molar-refractivity contribution >= 4 is 51.3 Å². The number of benzene rings is 3. The highest BCUT2D eigenvalue weighted by Gasteiger charge is 2.31. The summed E-state index contributed by atoms with van der Waals surface area (Å²) in [4.78, 5) is 36.4. The lowest BCUT2D eigenvalue weighted by Crippen LogP contribution is -2.26. The molecule has 0 unspecified atom stereocenters. The van der Waals surface area contributed by atoms with Crippen molar-refractivity contribution in [3.8, 4) is 17.2 Å². The van der Waals surface area contributed by atoms with E-state index in [9.17, 15) is 19.7 Å². The van der Waals surface area contributed by atoms with Crippen molar-refractivity contribution in [1.29, 1.82) is 0 Å². The molecule has 10 nitrogen and oxygen atoms in total. The largest absolute Gasteiger partial charge is 0.490 e. The summed E-state index contributed by atoms with van der Waals surface area (Å²) in [5.41, 5.74) is 3.30. The molecule has 1 N–H and O–H groups in total. The predicted octanol–water partition coefficient (Wildman–Crippen LogP) is 7.87. The van der Waals surface area contributed by atoms with Gasteiger partial charge in [-0.15, -0.1) is 0 Å². The Morgan fingerprint density at radius 3 is 2.39 bits per heavy atom. The van der Waals surface area contributed by atoms with Crippen LogP contribution in [0.1, 0.15) is 69.4 Å². The van der Waals surface area contributed by atoms with E-state index in [1.54, 1.807) is 49.4 Å². The number of hydrazone groups is 1. The van der Waals surface area contributed by atoms with E-state index in [1.165, 1.54) is 18.3 Å². The summed E-state index contributed by atoms with van der Waals surface area (Å²) in [7, 11) is 0. The first-order valence-corrected chi connectivity index (χ1v) is 14.9. The molecule has 0 aliphatic rings. The second-order valence-corrected chi connectivity index (χ2v) is 13.0. The van der Waals surface area contributed by atoms with Crippen molar-refractivity contribution in [2.45, 2.75) is 53.4 Å². The molecule has 0 radical (unpaired) electrons. The van der Waals surface area contributed by atoms with Gasteiger partial charge in [0.2, 0.25) is 5.75 Å². The van der Waals surface area contributed by atoms with Crippen LogP contribution in [0.3, 0.4) is 0 Å². The Bertz CT molecular complexity index is 1570. The smallest absolute Gasteiger partial charge is 0.345 e. The van der Waals surface area contributed by atoms with E-state index in [0.29, 0.717) is 16.6 Å². The Balaban J connectivity index is 1.68. The van der Waals surface area contributed by atoms with Gasteiger partial charge in [0.05, 0.1) is 32.8 Å². The van der Waals surface area contributed by atoms with Gasteiger partial charge in [0.1, 0.15) is 0 Å². The number of nitro groups is 1. The van der Waals surface area contributed by atoms with E-state index < -0.39 is 23.4 Å². The van der Waals surface area contributed by atoms with E-state index >= 15 is 0 Å². The molecule has 0 heterocycles. The maximum Gasteiger partial charge on any atom is 0.345 e. The van der Waals surface area contributed by atoms with Crippen molar-refractivity contribution in [2.24, 2.45) is 10.5 Å². The number of hydrogen-bond donors (Lipinski definition) is 1. The zero-order valence-electron chi connectivity index (χ0n) is 25.4. The first-order valence-electron chi connectivity index (χ1n) is 13.8. The van der Waals surface area contributed by atoms with Gasteiger partial charge in [-0.1, -0.05) is 58.4 Å². The van der Waals surface area contributed by atoms with Crippen molar-refractivity contribution in [3.63, 3.8) is 0 Å². The van der Waals surface area contributed by atoms with Gasteiger partial charge in [-0.3, -0.25) is 14.9 Å². The van der Waals surface area contributed by atoms with Crippen LogP contribution >= 0.6 is 27.5 Å². The molecular weight excluding hydrogens is 654 g/mol. The van der Waals surface area contributed by atoms with Crippen LogP contribution in [0, 0.1) is 15.5 Å². The highest BCUT2D eigenvalue weighted by molar-refractivity contribution is 9.10. The molecular formula is C32H35BrClN3O7. The molecule has 44 heavy (non-hydrogen) atoms. The van der Waals surface area contributed by atoms with Crippen LogP contribution in [0.5, 0.6) is 17.2 Å². The fourth-order valence-electron chi connectivity index (χ4n) is 4.76. The molecule has 3 rings (SSSR count). The molecule has 0 saturated heterocycles. The summed E-state index contributed by atoms with van der Waals surface area (Å²) in [6.07, 6.45) is 2.16. The Labute approximate surface area is 270 Å². The number of carbonyl (C=O) groups excluding carboxylic acids is 2. The van der Waals surface area contributed by atoms with Gasteiger partial charge < -0.3 is 14.2 Å². The third kappa shape index (κ3) is 9.52. The minimum atomic E-state index is -0.639. The van der Waals surface area contributed by atoms with Crippen molar-refractivity contribution in [3.05, 3.63) is 90.9 Å². The summed E-state index contributed by atoms with van der Waals surface area (Å²) < 4.78 is 17.0. The number of nitrogens with zero attached hydrogens (tertiary/aromatic N) is 2. The van der Waals surface area contributed by atoms with Crippen molar-refractivity contribution in [1.82, 2.24) is 5.43 Å². The fourth-order valence-corrected chi connectivity index (χ4v) is 5.54. The maximum atomic E-state index is 12.6. The topological polar surface area (TPSA) is 129 Å². The molecule has 3 aromatic rings. The number of nitrogens with one attached hydrogen (secondary N) is 1. The van der Waals surface area contributed by atoms with Crippen molar-refractivity contribution < 1.29 is 28.7 Å². The third-order valence-corrected chi connectivity index (χ3v) is 7.21. The van der Waals surface area contributed by atoms with E-state index in [4.69, 9.17) is 25.8 Å². The lowest BCUT2D eigenvalue weighted by atomic mass is 9.72. The van der Waals surface area contributed by atoms with Crippen LogP contribution in [0.4, 0.5) is 5.69 Å². The van der Waals surface area contributed by atoms with Crippen LogP contribution in [0.15, 0.2) is 64.2 Å². The van der Waals surface area contributed by atoms with E-state index in [1.807, 2.05) is 13.8 Å². The van der Waals surface area contributed by atoms with Gasteiger partial charge in [0, 0.05) is 6.07 Å². The second kappa shape index (κ2) is 14.7. The number of halogens is 2. The van der Waals surface area contributed by atoms with Gasteiger partial charge in [-0.25, -0.2) is 10.2 Å². The zero-order valence-corrected chi connectivity index (χ0v) is 27.7. The molecule has 0 aromatic heterocycles. The number of carbonyl (C=O) groups is 2. The standard InChI is InChI=1S/C32H35BrClN3O7/c1-7-42-27-14-20(12-13-26(27)44-30(39)22-10-8-9-11-24(22)34)17-35-36-28(38)18-43-29-23(33)15-21(16-25(29)37(40)41)32(5,6)19-31(2,3)4/h8-17H,7,18-19H2,1-6H3,(H,36,38)/b35-17-. The Kier molecular flexibility index (Phi) is 11.5. The van der Waals surface area contributed by atoms with Crippen molar-refractivity contribution in [2.75, 3.05) is 13.2 Å². The molecule has 234 valence electrons. The number of rotatable bonds is 12. The first-order chi connectivity index (χ1) is 20.6. The monoisotopic (exact) mass is 687 g/mol.